The van der Waals surface area contributed by atoms with Gasteiger partial charge in [-0.2, -0.15) is 9.40 Å². The third kappa shape index (κ3) is 2.86. The lowest BCUT2D eigenvalue weighted by molar-refractivity contribution is 0.119. The molecular formula is C20H23ClN4O4S. The highest BCUT2D eigenvalue weighted by atomic mass is 35.5. The van der Waals surface area contributed by atoms with Gasteiger partial charge in [0.1, 0.15) is 16.2 Å². The van der Waals surface area contributed by atoms with Crippen LogP contribution in [-0.2, 0) is 28.2 Å². The minimum absolute atomic E-state index is 0.0597. The summed E-state index contributed by atoms with van der Waals surface area (Å²) < 4.78 is 34.8. The topological polar surface area (TPSA) is 84.7 Å². The Morgan fingerprint density at radius 2 is 1.90 bits per heavy atom. The van der Waals surface area contributed by atoms with Crippen LogP contribution in [0.25, 0.3) is 0 Å². The molecule has 2 saturated heterocycles. The van der Waals surface area contributed by atoms with Gasteiger partial charge >= 0.3 is 6.09 Å². The quantitative estimate of drug-likeness (QED) is 0.717. The largest absolute Gasteiger partial charge is 0.443 e. The molecule has 0 bridgehead atoms. The summed E-state index contributed by atoms with van der Waals surface area (Å²) in [5.41, 5.74) is 2.74. The molecular weight excluding hydrogens is 428 g/mol. The maximum Gasteiger partial charge on any atom is 0.411 e. The summed E-state index contributed by atoms with van der Waals surface area (Å²) in [6.45, 7) is 2.28. The molecule has 2 atom stereocenters. The van der Waals surface area contributed by atoms with E-state index in [0.29, 0.717) is 31.6 Å². The number of piperidine rings is 1. The van der Waals surface area contributed by atoms with Crippen molar-refractivity contribution in [3.63, 3.8) is 0 Å². The minimum Gasteiger partial charge on any atom is -0.443 e. The number of carbonyl (C=O) groups excluding carboxylic acids is 1. The van der Waals surface area contributed by atoms with Crippen molar-refractivity contribution in [2.75, 3.05) is 13.1 Å². The third-order valence-corrected chi connectivity index (χ3v) is 9.02. The summed E-state index contributed by atoms with van der Waals surface area (Å²) in [6.07, 6.45) is 1.38. The zero-order chi connectivity index (χ0) is 21.2. The van der Waals surface area contributed by atoms with E-state index in [0.717, 1.165) is 12.0 Å². The minimum atomic E-state index is -3.75. The Labute approximate surface area is 180 Å². The van der Waals surface area contributed by atoms with Crippen molar-refractivity contribution in [1.29, 1.82) is 0 Å². The predicted octanol–water partition coefficient (Wildman–Crippen LogP) is 2.65. The molecule has 0 N–H and O–H groups in total. The number of ether oxygens (including phenoxy) is 1. The molecule has 1 amide bonds. The van der Waals surface area contributed by atoms with Gasteiger partial charge in [0.25, 0.3) is 0 Å². The van der Waals surface area contributed by atoms with E-state index in [1.165, 1.54) is 14.6 Å². The summed E-state index contributed by atoms with van der Waals surface area (Å²) in [7, 11) is -2.13. The van der Waals surface area contributed by atoms with E-state index >= 15 is 0 Å². The maximum absolute atomic E-state index is 13.2. The van der Waals surface area contributed by atoms with Crippen molar-refractivity contribution < 1.29 is 17.9 Å². The Balaban J connectivity index is 1.36. The number of hydrogen-bond acceptors (Lipinski definition) is 5. The number of fused-ring (bicyclic) bond motifs is 3. The summed E-state index contributed by atoms with van der Waals surface area (Å²) >= 11 is 6.20. The lowest BCUT2D eigenvalue weighted by Crippen LogP contribution is -2.47. The summed E-state index contributed by atoms with van der Waals surface area (Å²) in [4.78, 5) is 14.5. The van der Waals surface area contributed by atoms with Crippen LogP contribution in [0.15, 0.2) is 29.2 Å². The number of aryl methyl sites for hydroxylation is 2. The summed E-state index contributed by atoms with van der Waals surface area (Å²) in [5, 5.41) is 4.24. The number of amides is 1. The van der Waals surface area contributed by atoms with Gasteiger partial charge in [-0.15, -0.1) is 0 Å². The molecule has 3 heterocycles. The van der Waals surface area contributed by atoms with Crippen molar-refractivity contribution in [2.24, 2.45) is 7.05 Å². The van der Waals surface area contributed by atoms with Crippen LogP contribution in [0.2, 0.25) is 5.15 Å². The smallest absolute Gasteiger partial charge is 0.411 e. The Kier molecular flexibility index (Phi) is 4.61. The average Bonchev–Trinajstić information content (AvgIpc) is 3.30. The molecule has 0 unspecified atom stereocenters. The normalized spacial score (nSPS) is 24.8. The number of rotatable bonds is 3. The predicted molar refractivity (Wildman–Crippen MR) is 110 cm³/mol. The molecule has 5 rings (SSSR count). The van der Waals surface area contributed by atoms with Gasteiger partial charge in [0, 0.05) is 32.6 Å². The maximum atomic E-state index is 13.2. The van der Waals surface area contributed by atoms with Crippen LogP contribution >= 0.6 is 11.6 Å². The van der Waals surface area contributed by atoms with E-state index in [9.17, 15) is 13.2 Å². The number of nitrogens with zero attached hydrogens (tertiary/aromatic N) is 4. The second-order valence-electron chi connectivity index (χ2n) is 8.14. The van der Waals surface area contributed by atoms with Gasteiger partial charge in [0.2, 0.25) is 10.0 Å². The first-order valence-corrected chi connectivity index (χ1v) is 11.9. The average molecular weight is 451 g/mol. The van der Waals surface area contributed by atoms with Crippen LogP contribution in [0.1, 0.15) is 35.7 Å². The Bertz CT molecular complexity index is 1120. The molecule has 160 valence electrons. The fourth-order valence-electron chi connectivity index (χ4n) is 5.05. The van der Waals surface area contributed by atoms with Crippen LogP contribution in [0.3, 0.4) is 0 Å². The fourth-order valence-corrected chi connectivity index (χ4v) is 7.22. The van der Waals surface area contributed by atoms with Crippen LogP contribution in [-0.4, -0.2) is 58.7 Å². The molecule has 1 aromatic carbocycles. The molecule has 1 aromatic heterocycles. The van der Waals surface area contributed by atoms with Crippen molar-refractivity contribution >= 4 is 27.7 Å². The van der Waals surface area contributed by atoms with E-state index < -0.39 is 10.0 Å². The molecule has 2 aromatic rings. The molecule has 3 aliphatic rings. The number of carbonyl (C=O) groups is 1. The van der Waals surface area contributed by atoms with Gasteiger partial charge in [0.05, 0.1) is 11.7 Å². The van der Waals surface area contributed by atoms with Gasteiger partial charge in [0.15, 0.2) is 0 Å². The third-order valence-electron chi connectivity index (χ3n) is 6.42. The fraction of sp³-hybridized carbons (Fsp3) is 0.500. The Hall–Kier alpha value is -2.10. The van der Waals surface area contributed by atoms with Crippen LogP contribution in [0, 0.1) is 6.92 Å². The molecule has 30 heavy (non-hydrogen) atoms. The van der Waals surface area contributed by atoms with E-state index in [4.69, 9.17) is 16.3 Å². The molecule has 0 spiro atoms. The van der Waals surface area contributed by atoms with E-state index in [1.807, 2.05) is 17.0 Å². The second-order valence-corrected chi connectivity index (χ2v) is 10.4. The first kappa shape index (κ1) is 19.8. The SMILES string of the molecule is Cc1nn(C)c(Cl)c1S(=O)(=O)N1CCC(N2C(=O)O[C@H]3Cc4ccccc4[C@H]32)CC1. The highest BCUT2D eigenvalue weighted by molar-refractivity contribution is 7.89. The summed E-state index contributed by atoms with van der Waals surface area (Å²) in [5.74, 6) is 0. The zero-order valence-corrected chi connectivity index (χ0v) is 18.4. The van der Waals surface area contributed by atoms with Crippen LogP contribution in [0.4, 0.5) is 4.79 Å². The van der Waals surface area contributed by atoms with Gasteiger partial charge in [-0.25, -0.2) is 13.2 Å². The van der Waals surface area contributed by atoms with Gasteiger partial charge in [-0.1, -0.05) is 35.9 Å². The molecule has 0 radical (unpaired) electrons. The monoisotopic (exact) mass is 450 g/mol. The van der Waals surface area contributed by atoms with E-state index in [1.54, 1.807) is 14.0 Å². The van der Waals surface area contributed by atoms with Crippen LogP contribution in [0.5, 0.6) is 0 Å². The second kappa shape index (κ2) is 6.96. The molecule has 10 heteroatoms. The lowest BCUT2D eigenvalue weighted by Gasteiger charge is -2.37. The highest BCUT2D eigenvalue weighted by Crippen LogP contribution is 2.45. The molecule has 0 saturated carbocycles. The Morgan fingerprint density at radius 3 is 2.57 bits per heavy atom. The van der Waals surface area contributed by atoms with Crippen molar-refractivity contribution in [3.05, 3.63) is 46.2 Å². The van der Waals surface area contributed by atoms with Crippen molar-refractivity contribution in [1.82, 2.24) is 19.0 Å². The first-order chi connectivity index (χ1) is 14.3. The number of benzene rings is 1. The van der Waals surface area contributed by atoms with Crippen molar-refractivity contribution in [3.8, 4) is 0 Å². The van der Waals surface area contributed by atoms with Crippen LogP contribution < -0.4 is 0 Å². The standard InChI is InChI=1S/C20H23ClN4O4S/c1-12-18(19(21)23(2)22-12)30(27,28)24-9-7-14(8-10-24)25-17-15-6-4-3-5-13(15)11-16(17)29-20(25)26/h3-6,14,16-17H,7-11H2,1-2H3/t16-,17+/m0/s1. The van der Waals surface area contributed by atoms with E-state index in [2.05, 4.69) is 17.2 Å². The van der Waals surface area contributed by atoms with Gasteiger partial charge in [-0.3, -0.25) is 9.58 Å². The molecule has 2 aliphatic heterocycles. The number of halogens is 1. The van der Waals surface area contributed by atoms with Crippen molar-refractivity contribution in [2.45, 2.75) is 49.3 Å². The lowest BCUT2D eigenvalue weighted by atomic mass is 10.00. The first-order valence-electron chi connectivity index (χ1n) is 10.0. The zero-order valence-electron chi connectivity index (χ0n) is 16.8. The summed E-state index contributed by atoms with van der Waals surface area (Å²) in [6, 6.07) is 7.97. The molecule has 2 fully saturated rings. The van der Waals surface area contributed by atoms with Gasteiger partial charge < -0.3 is 4.74 Å². The van der Waals surface area contributed by atoms with Gasteiger partial charge in [-0.05, 0) is 30.9 Å². The Morgan fingerprint density at radius 1 is 1.20 bits per heavy atom. The number of sulfonamides is 1. The van der Waals surface area contributed by atoms with E-state index in [-0.39, 0.29) is 34.3 Å². The highest BCUT2D eigenvalue weighted by Gasteiger charge is 2.50. The molecule has 1 aliphatic carbocycles. The number of hydrogen-bond donors (Lipinski definition) is 0. The molecule has 8 nitrogen and oxygen atoms in total. The number of aromatic nitrogens is 2.